The van der Waals surface area contributed by atoms with Gasteiger partial charge in [0.25, 0.3) is 5.56 Å². The van der Waals surface area contributed by atoms with Crippen molar-refractivity contribution < 1.29 is 4.74 Å². The molecule has 24 heavy (non-hydrogen) atoms. The number of nitrogens with one attached hydrogen (secondary N) is 1. The third kappa shape index (κ3) is 2.52. The third-order valence-corrected chi connectivity index (χ3v) is 4.01. The molecular formula is C16H15ClN4O3. The number of rotatable bonds is 3. The van der Waals surface area contributed by atoms with Crippen LogP contribution in [0.3, 0.4) is 0 Å². The molecule has 0 atom stereocenters. The molecule has 3 rings (SSSR count). The van der Waals surface area contributed by atoms with E-state index >= 15 is 0 Å². The highest BCUT2D eigenvalue weighted by molar-refractivity contribution is 6.31. The number of hydrogen-bond donors (Lipinski definition) is 1. The fourth-order valence-corrected chi connectivity index (χ4v) is 2.69. The Hall–Kier alpha value is -2.80. The molecule has 124 valence electrons. The van der Waals surface area contributed by atoms with E-state index in [4.69, 9.17) is 16.3 Å². The van der Waals surface area contributed by atoms with Crippen LogP contribution in [0.5, 0.6) is 5.75 Å². The van der Waals surface area contributed by atoms with Crippen LogP contribution in [0.15, 0.2) is 40.1 Å². The van der Waals surface area contributed by atoms with Crippen molar-refractivity contribution in [2.75, 3.05) is 12.4 Å². The van der Waals surface area contributed by atoms with E-state index in [0.717, 1.165) is 4.57 Å². The van der Waals surface area contributed by atoms with Crippen LogP contribution >= 0.6 is 11.6 Å². The number of pyridine rings is 1. The molecule has 0 unspecified atom stereocenters. The average Bonchev–Trinajstić information content (AvgIpc) is 2.58. The van der Waals surface area contributed by atoms with Crippen molar-refractivity contribution >= 4 is 34.0 Å². The highest BCUT2D eigenvalue weighted by atomic mass is 35.5. The van der Waals surface area contributed by atoms with Crippen molar-refractivity contribution in [3.05, 3.63) is 56.3 Å². The molecule has 0 bridgehead atoms. The van der Waals surface area contributed by atoms with E-state index in [1.807, 2.05) is 0 Å². The van der Waals surface area contributed by atoms with Crippen LogP contribution in [-0.2, 0) is 14.1 Å². The summed E-state index contributed by atoms with van der Waals surface area (Å²) in [5, 5.41) is 3.98. The fraction of sp³-hybridized carbons (Fsp3) is 0.188. The first-order valence-corrected chi connectivity index (χ1v) is 7.47. The minimum absolute atomic E-state index is 0.300. The zero-order chi connectivity index (χ0) is 17.4. The maximum absolute atomic E-state index is 12.5. The molecule has 0 fully saturated rings. The first-order valence-electron chi connectivity index (χ1n) is 7.09. The number of ether oxygens (including phenoxy) is 1. The van der Waals surface area contributed by atoms with Crippen molar-refractivity contribution in [1.29, 1.82) is 0 Å². The van der Waals surface area contributed by atoms with Crippen LogP contribution in [0.25, 0.3) is 11.0 Å². The summed E-state index contributed by atoms with van der Waals surface area (Å²) in [6.07, 6.45) is 1.53. The predicted octanol–water partition coefficient (Wildman–Crippen LogP) is 2.04. The highest BCUT2D eigenvalue weighted by Crippen LogP contribution is 2.31. The summed E-state index contributed by atoms with van der Waals surface area (Å²) in [4.78, 5) is 28.8. The Labute approximate surface area is 142 Å². The number of aromatic nitrogens is 3. The van der Waals surface area contributed by atoms with E-state index in [2.05, 4.69) is 10.3 Å². The number of nitrogens with zero attached hydrogens (tertiary/aromatic N) is 3. The number of methoxy groups -OCH3 is 1. The molecule has 2 heterocycles. The van der Waals surface area contributed by atoms with Crippen LogP contribution in [0, 0.1) is 0 Å². The lowest BCUT2D eigenvalue weighted by molar-refractivity contribution is 0.417. The second-order valence-electron chi connectivity index (χ2n) is 5.23. The Kier molecular flexibility index (Phi) is 4.02. The van der Waals surface area contributed by atoms with Gasteiger partial charge in [-0.15, -0.1) is 0 Å². The summed E-state index contributed by atoms with van der Waals surface area (Å²) in [5.41, 5.74) is 0.557. The lowest BCUT2D eigenvalue weighted by Gasteiger charge is -2.14. The average molecular weight is 347 g/mol. The van der Waals surface area contributed by atoms with Gasteiger partial charge in [-0.25, -0.2) is 9.78 Å². The number of fused-ring (bicyclic) bond motifs is 1. The summed E-state index contributed by atoms with van der Waals surface area (Å²) in [5.74, 6) is 0.575. The lowest BCUT2D eigenvalue weighted by atomic mass is 10.2. The van der Waals surface area contributed by atoms with Crippen LogP contribution in [0.2, 0.25) is 5.02 Å². The SMILES string of the molecule is COc1ccc(Cl)cc1Nc1ccnc2c1c(=O)n(C)c(=O)n2C. The van der Waals surface area contributed by atoms with Gasteiger partial charge < -0.3 is 10.1 Å². The first-order chi connectivity index (χ1) is 11.4. The second-order valence-corrected chi connectivity index (χ2v) is 5.67. The Balaban J connectivity index is 2.27. The minimum atomic E-state index is -0.433. The maximum atomic E-state index is 12.5. The fourth-order valence-electron chi connectivity index (χ4n) is 2.51. The summed E-state index contributed by atoms with van der Waals surface area (Å²) in [6.45, 7) is 0. The standard InChI is InChI=1S/C16H15ClN4O3/c1-20-14-13(15(22)21(2)16(20)23)10(6-7-18-14)19-11-8-9(17)4-5-12(11)24-3/h4-8H,1-3H3,(H,18,19). The van der Waals surface area contributed by atoms with Crippen molar-refractivity contribution in [1.82, 2.24) is 14.1 Å². The smallest absolute Gasteiger partial charge is 0.332 e. The summed E-state index contributed by atoms with van der Waals surface area (Å²) in [7, 11) is 4.55. The van der Waals surface area contributed by atoms with Crippen molar-refractivity contribution in [3.8, 4) is 5.75 Å². The molecule has 7 nitrogen and oxygen atoms in total. The third-order valence-electron chi connectivity index (χ3n) is 3.77. The zero-order valence-corrected chi connectivity index (χ0v) is 14.1. The molecule has 1 N–H and O–H groups in total. The molecular weight excluding hydrogens is 332 g/mol. The minimum Gasteiger partial charge on any atom is -0.495 e. The molecule has 0 aliphatic carbocycles. The Morgan fingerprint density at radius 1 is 1.12 bits per heavy atom. The molecule has 2 aromatic heterocycles. The maximum Gasteiger partial charge on any atom is 0.332 e. The van der Waals surface area contributed by atoms with E-state index in [0.29, 0.717) is 33.2 Å². The number of aryl methyl sites for hydroxylation is 1. The van der Waals surface area contributed by atoms with Crippen LogP contribution < -0.4 is 21.3 Å². The van der Waals surface area contributed by atoms with Gasteiger partial charge in [0.1, 0.15) is 11.1 Å². The monoisotopic (exact) mass is 346 g/mol. The highest BCUT2D eigenvalue weighted by Gasteiger charge is 2.14. The molecule has 8 heteroatoms. The molecule has 1 aromatic carbocycles. The molecule has 3 aromatic rings. The Morgan fingerprint density at radius 3 is 2.58 bits per heavy atom. The van der Waals surface area contributed by atoms with Crippen LogP contribution in [0.1, 0.15) is 0 Å². The molecule has 0 amide bonds. The van der Waals surface area contributed by atoms with Crippen molar-refractivity contribution in [2.24, 2.45) is 14.1 Å². The van der Waals surface area contributed by atoms with Gasteiger partial charge >= 0.3 is 5.69 Å². The van der Waals surface area contributed by atoms with Gasteiger partial charge in [-0.2, -0.15) is 0 Å². The van der Waals surface area contributed by atoms with Gasteiger partial charge in [-0.1, -0.05) is 11.6 Å². The van der Waals surface area contributed by atoms with Gasteiger partial charge in [-0.05, 0) is 24.3 Å². The van der Waals surface area contributed by atoms with Crippen molar-refractivity contribution in [2.45, 2.75) is 0 Å². The second kappa shape index (κ2) is 6.01. The van der Waals surface area contributed by atoms with Gasteiger partial charge in [0.2, 0.25) is 0 Å². The van der Waals surface area contributed by atoms with Gasteiger partial charge in [0.05, 0.1) is 18.5 Å². The molecule has 0 spiro atoms. The summed E-state index contributed by atoms with van der Waals surface area (Å²) >= 11 is 6.04. The number of benzene rings is 1. The van der Waals surface area contributed by atoms with E-state index in [1.54, 1.807) is 38.4 Å². The summed E-state index contributed by atoms with van der Waals surface area (Å²) < 4.78 is 7.68. The van der Waals surface area contributed by atoms with E-state index in [9.17, 15) is 9.59 Å². The summed E-state index contributed by atoms with van der Waals surface area (Å²) in [6, 6.07) is 6.79. The number of anilines is 2. The number of hydrogen-bond acceptors (Lipinski definition) is 5. The topological polar surface area (TPSA) is 78.2 Å². The van der Waals surface area contributed by atoms with E-state index < -0.39 is 11.2 Å². The van der Waals surface area contributed by atoms with Gasteiger partial charge in [0, 0.05) is 25.3 Å². The molecule has 0 aliphatic rings. The number of halogens is 1. The largest absolute Gasteiger partial charge is 0.495 e. The molecule has 0 saturated heterocycles. The van der Waals surface area contributed by atoms with Crippen LogP contribution in [-0.4, -0.2) is 21.2 Å². The molecule has 0 aliphatic heterocycles. The normalized spacial score (nSPS) is 10.8. The lowest BCUT2D eigenvalue weighted by Crippen LogP contribution is -2.37. The predicted molar refractivity (Wildman–Crippen MR) is 93.5 cm³/mol. The quantitative estimate of drug-likeness (QED) is 0.785. The van der Waals surface area contributed by atoms with Gasteiger partial charge in [0.15, 0.2) is 5.65 Å². The first kappa shape index (κ1) is 16.1. The zero-order valence-electron chi connectivity index (χ0n) is 13.3. The molecule has 0 radical (unpaired) electrons. The van der Waals surface area contributed by atoms with Crippen molar-refractivity contribution in [3.63, 3.8) is 0 Å². The Bertz CT molecular complexity index is 1060. The van der Waals surface area contributed by atoms with E-state index in [-0.39, 0.29) is 0 Å². The Morgan fingerprint density at radius 2 is 1.88 bits per heavy atom. The van der Waals surface area contributed by atoms with Gasteiger partial charge in [-0.3, -0.25) is 13.9 Å². The molecule has 0 saturated carbocycles. The van der Waals surface area contributed by atoms with Crippen LogP contribution in [0.4, 0.5) is 11.4 Å². The van der Waals surface area contributed by atoms with E-state index in [1.165, 1.54) is 17.8 Å².